The monoisotopic (exact) mass is 205 g/mol. The van der Waals surface area contributed by atoms with E-state index in [1.165, 1.54) is 6.92 Å². The number of nitrogens with zero attached hydrogens (tertiary/aromatic N) is 1. The van der Waals surface area contributed by atoms with Gasteiger partial charge in [0.25, 0.3) is 0 Å². The van der Waals surface area contributed by atoms with E-state index in [1.807, 2.05) is 32.1 Å². The highest BCUT2D eigenvalue weighted by molar-refractivity contribution is 8.06. The van der Waals surface area contributed by atoms with Crippen molar-refractivity contribution in [2.75, 3.05) is 0 Å². The van der Waals surface area contributed by atoms with Gasteiger partial charge in [-0.1, -0.05) is 11.8 Å². The first-order valence-corrected chi connectivity index (χ1v) is 5.06. The molecular formula is C11H11NOS. The molecule has 14 heavy (non-hydrogen) atoms. The van der Waals surface area contributed by atoms with Gasteiger partial charge in [-0.2, -0.15) is 5.26 Å². The molecule has 0 amide bonds. The number of hydrogen-bond donors (Lipinski definition) is 0. The highest BCUT2D eigenvalue weighted by atomic mass is 32.2. The molecule has 1 aliphatic rings. The van der Waals surface area contributed by atoms with Gasteiger partial charge in [-0.25, -0.2) is 0 Å². The van der Waals surface area contributed by atoms with Crippen molar-refractivity contribution in [2.24, 2.45) is 0 Å². The van der Waals surface area contributed by atoms with Crippen molar-refractivity contribution in [1.29, 1.82) is 5.26 Å². The molecule has 1 aliphatic heterocycles. The molecule has 0 atom stereocenters. The van der Waals surface area contributed by atoms with Gasteiger partial charge in [0.2, 0.25) is 0 Å². The number of allylic oxidation sites excluding steroid dienone is 6. The zero-order valence-electron chi connectivity index (χ0n) is 8.42. The Hall–Kier alpha value is -1.27. The van der Waals surface area contributed by atoms with E-state index in [9.17, 15) is 4.79 Å². The average molecular weight is 205 g/mol. The van der Waals surface area contributed by atoms with Gasteiger partial charge in [0.15, 0.2) is 5.78 Å². The summed E-state index contributed by atoms with van der Waals surface area (Å²) in [5.41, 5.74) is 0.970. The van der Waals surface area contributed by atoms with Crippen LogP contribution in [0.1, 0.15) is 20.8 Å². The molecule has 0 saturated heterocycles. The molecule has 0 spiro atoms. The lowest BCUT2D eigenvalue weighted by atomic mass is 10.0. The van der Waals surface area contributed by atoms with E-state index < -0.39 is 0 Å². The van der Waals surface area contributed by atoms with Crippen LogP contribution in [0.25, 0.3) is 0 Å². The van der Waals surface area contributed by atoms with Gasteiger partial charge < -0.3 is 0 Å². The second-order valence-electron chi connectivity index (χ2n) is 3.11. The molecule has 72 valence electrons. The number of rotatable bonds is 1. The van der Waals surface area contributed by atoms with Crippen molar-refractivity contribution in [3.05, 3.63) is 33.1 Å². The van der Waals surface area contributed by atoms with Gasteiger partial charge in [0.1, 0.15) is 11.6 Å². The maximum Gasteiger partial charge on any atom is 0.170 e. The van der Waals surface area contributed by atoms with Gasteiger partial charge >= 0.3 is 0 Å². The van der Waals surface area contributed by atoms with Crippen LogP contribution in [0.5, 0.6) is 0 Å². The van der Waals surface area contributed by atoms with Crippen molar-refractivity contribution < 1.29 is 4.79 Å². The Kier molecular flexibility index (Phi) is 3.32. The number of Topliss-reactive ketones (excluding diaryl/α,β-unsaturated/α-hetero) is 1. The molecule has 0 radical (unpaired) electrons. The first-order valence-electron chi connectivity index (χ1n) is 4.24. The number of carbonyl (C=O) groups excluding carboxylic acids is 1. The summed E-state index contributed by atoms with van der Waals surface area (Å²) in [5, 5.41) is 8.83. The van der Waals surface area contributed by atoms with Crippen molar-refractivity contribution >= 4 is 17.5 Å². The maximum atomic E-state index is 11.1. The van der Waals surface area contributed by atoms with E-state index >= 15 is 0 Å². The van der Waals surface area contributed by atoms with E-state index in [4.69, 9.17) is 5.26 Å². The lowest BCUT2D eigenvalue weighted by molar-refractivity contribution is -0.113. The fourth-order valence-corrected chi connectivity index (χ4v) is 2.16. The van der Waals surface area contributed by atoms with Gasteiger partial charge in [0, 0.05) is 0 Å². The van der Waals surface area contributed by atoms with Crippen molar-refractivity contribution in [3.63, 3.8) is 0 Å². The highest BCUT2D eigenvalue weighted by Gasteiger charge is 2.11. The first kappa shape index (κ1) is 10.8. The third kappa shape index (κ3) is 2.36. The van der Waals surface area contributed by atoms with Gasteiger partial charge in [0.05, 0.1) is 0 Å². The van der Waals surface area contributed by atoms with Gasteiger partial charge in [-0.15, -0.1) is 0 Å². The summed E-state index contributed by atoms with van der Waals surface area (Å²) in [6.45, 7) is 5.35. The van der Waals surface area contributed by atoms with Crippen LogP contribution in [0.15, 0.2) is 33.1 Å². The minimum Gasteiger partial charge on any atom is -0.294 e. The smallest absolute Gasteiger partial charge is 0.170 e. The zero-order chi connectivity index (χ0) is 10.7. The molecule has 0 unspecified atom stereocenters. The van der Waals surface area contributed by atoms with Crippen molar-refractivity contribution in [3.8, 4) is 6.07 Å². The number of carbonyl (C=O) groups is 1. The third-order valence-electron chi connectivity index (χ3n) is 1.79. The quantitative estimate of drug-likeness (QED) is 0.488. The van der Waals surface area contributed by atoms with E-state index in [1.54, 1.807) is 11.8 Å². The van der Waals surface area contributed by atoms with Gasteiger partial charge in [-0.05, 0) is 48.3 Å². The van der Waals surface area contributed by atoms with E-state index in [0.717, 1.165) is 15.4 Å². The van der Waals surface area contributed by atoms with Crippen LogP contribution >= 0.6 is 11.8 Å². The topological polar surface area (TPSA) is 40.9 Å². The SMILES string of the molecule is CC(=O)C(C#N)=C1C=C(C)SC(C)=C1. The zero-order valence-corrected chi connectivity index (χ0v) is 9.23. The highest BCUT2D eigenvalue weighted by Crippen LogP contribution is 2.32. The minimum atomic E-state index is -0.178. The van der Waals surface area contributed by atoms with Crippen LogP contribution in [0.2, 0.25) is 0 Å². The Balaban J connectivity index is 3.26. The predicted molar refractivity (Wildman–Crippen MR) is 58.4 cm³/mol. The summed E-state index contributed by atoms with van der Waals surface area (Å²) in [6.07, 6.45) is 3.75. The standard InChI is InChI=1S/C11H11NOS/c1-7-4-10(5-8(2)14-7)11(6-12)9(3)13/h4-5H,1-3H3. The van der Waals surface area contributed by atoms with Gasteiger partial charge in [-0.3, -0.25) is 4.79 Å². The second kappa shape index (κ2) is 4.30. The maximum absolute atomic E-state index is 11.1. The molecule has 0 aromatic rings. The van der Waals surface area contributed by atoms with Crippen LogP contribution in [0.4, 0.5) is 0 Å². The molecule has 0 aliphatic carbocycles. The van der Waals surface area contributed by atoms with E-state index in [2.05, 4.69) is 0 Å². The molecule has 0 fully saturated rings. The largest absolute Gasteiger partial charge is 0.294 e. The van der Waals surface area contributed by atoms with Crippen molar-refractivity contribution in [1.82, 2.24) is 0 Å². The summed E-state index contributed by atoms with van der Waals surface area (Å²) in [4.78, 5) is 13.4. The molecule has 0 N–H and O–H groups in total. The Morgan fingerprint density at radius 3 is 2.21 bits per heavy atom. The van der Waals surface area contributed by atoms with E-state index in [-0.39, 0.29) is 11.4 Å². The summed E-state index contributed by atoms with van der Waals surface area (Å²) in [6, 6.07) is 1.94. The summed E-state index contributed by atoms with van der Waals surface area (Å²) in [7, 11) is 0. The second-order valence-corrected chi connectivity index (χ2v) is 4.60. The van der Waals surface area contributed by atoms with Crippen LogP contribution < -0.4 is 0 Å². The minimum absolute atomic E-state index is 0.178. The number of ketones is 1. The third-order valence-corrected chi connectivity index (χ3v) is 2.67. The fourth-order valence-electron chi connectivity index (χ4n) is 1.28. The van der Waals surface area contributed by atoms with Crippen LogP contribution in [0, 0.1) is 11.3 Å². The Morgan fingerprint density at radius 2 is 1.86 bits per heavy atom. The van der Waals surface area contributed by atoms with Crippen LogP contribution in [-0.4, -0.2) is 5.78 Å². The summed E-state index contributed by atoms with van der Waals surface area (Å²) >= 11 is 1.65. The van der Waals surface area contributed by atoms with Crippen molar-refractivity contribution in [2.45, 2.75) is 20.8 Å². The Labute approximate surface area is 88.0 Å². The molecule has 0 aromatic heterocycles. The molecular weight excluding hydrogens is 194 g/mol. The summed E-state index contributed by atoms with van der Waals surface area (Å²) in [5.74, 6) is -0.178. The predicted octanol–water partition coefficient (Wildman–Crippen LogP) is 2.95. The fraction of sp³-hybridized carbons (Fsp3) is 0.273. The molecule has 2 nitrogen and oxygen atoms in total. The number of thioether (sulfide) groups is 1. The molecule has 1 rings (SSSR count). The molecule has 3 heteroatoms. The molecule has 0 saturated carbocycles. The normalized spacial score (nSPS) is 15.4. The van der Waals surface area contributed by atoms with Crippen LogP contribution in [0.3, 0.4) is 0 Å². The molecule has 0 bridgehead atoms. The lowest BCUT2D eigenvalue weighted by Crippen LogP contribution is -1.99. The van der Waals surface area contributed by atoms with E-state index in [0.29, 0.717) is 0 Å². The molecule has 1 heterocycles. The summed E-state index contributed by atoms with van der Waals surface area (Å²) < 4.78 is 0. The lowest BCUT2D eigenvalue weighted by Gasteiger charge is -2.10. The first-order chi connectivity index (χ1) is 6.54. The average Bonchev–Trinajstić information content (AvgIpc) is 2.02. The molecule has 0 aromatic carbocycles. The van der Waals surface area contributed by atoms with Crippen LogP contribution in [-0.2, 0) is 4.79 Å². The Bertz CT molecular complexity index is 387. The number of nitriles is 1. The Morgan fingerprint density at radius 1 is 1.36 bits per heavy atom. The number of hydrogen-bond acceptors (Lipinski definition) is 3.